The molecular weight excluding hydrogens is 395 g/mol. The largest absolute Gasteiger partial charge is 0.368 e. The summed E-state index contributed by atoms with van der Waals surface area (Å²) < 4.78 is 43.1. The lowest BCUT2D eigenvalue weighted by molar-refractivity contribution is 0.581. The Kier molecular flexibility index (Phi) is 4.31. The average molecular weight is 409 g/mol. The Balaban J connectivity index is 1.51. The summed E-state index contributed by atoms with van der Waals surface area (Å²) in [7, 11) is 0. The Morgan fingerprint density at radius 1 is 0.933 bits per heavy atom. The van der Waals surface area contributed by atoms with Crippen molar-refractivity contribution in [2.75, 3.05) is 11.9 Å². The standard InChI is InChI=1S/C20H14F3N7/c21-11-1-2-15-16(8-11)30(14-6-12(22)5-13(23)7-14)17(29-15)3-4-24-19-18-20(26-9-25-18)28-10-27-19/h1-2,5-10H,3-4H2,(H2,24,25,26,27,28). The summed E-state index contributed by atoms with van der Waals surface area (Å²) in [6.45, 7) is 0.411. The van der Waals surface area contributed by atoms with E-state index in [-0.39, 0.29) is 5.69 Å². The fraction of sp³-hybridized carbons (Fsp3) is 0.100. The average Bonchev–Trinajstić information content (AvgIpc) is 3.31. The van der Waals surface area contributed by atoms with Gasteiger partial charge in [-0.25, -0.2) is 33.1 Å². The molecule has 0 unspecified atom stereocenters. The second-order valence-electron chi connectivity index (χ2n) is 6.62. The van der Waals surface area contributed by atoms with Crippen molar-refractivity contribution < 1.29 is 13.2 Å². The lowest BCUT2D eigenvalue weighted by Gasteiger charge is -2.11. The molecule has 3 aromatic heterocycles. The Morgan fingerprint density at radius 3 is 2.60 bits per heavy atom. The molecule has 0 aliphatic rings. The minimum atomic E-state index is -0.727. The molecule has 0 radical (unpaired) electrons. The van der Waals surface area contributed by atoms with Crippen molar-refractivity contribution in [3.8, 4) is 5.69 Å². The van der Waals surface area contributed by atoms with Crippen LogP contribution in [0, 0.1) is 17.5 Å². The van der Waals surface area contributed by atoms with Gasteiger partial charge in [0.15, 0.2) is 11.5 Å². The number of hydrogen-bond donors (Lipinski definition) is 2. The van der Waals surface area contributed by atoms with Crippen molar-refractivity contribution in [2.45, 2.75) is 6.42 Å². The van der Waals surface area contributed by atoms with Crippen LogP contribution in [0.25, 0.3) is 27.9 Å². The molecule has 0 atom stereocenters. The molecular formula is C20H14F3N7. The molecule has 0 bridgehead atoms. The maximum atomic E-state index is 13.9. The molecule has 2 N–H and O–H groups in total. The van der Waals surface area contributed by atoms with Crippen LogP contribution in [-0.4, -0.2) is 36.0 Å². The van der Waals surface area contributed by atoms with Gasteiger partial charge in [-0.3, -0.25) is 4.57 Å². The van der Waals surface area contributed by atoms with Crippen molar-refractivity contribution in [3.05, 3.63) is 72.3 Å². The molecule has 0 saturated carbocycles. The first-order valence-electron chi connectivity index (χ1n) is 9.10. The van der Waals surface area contributed by atoms with E-state index in [4.69, 9.17) is 0 Å². The van der Waals surface area contributed by atoms with E-state index >= 15 is 0 Å². The van der Waals surface area contributed by atoms with Gasteiger partial charge in [0.2, 0.25) is 0 Å². The maximum absolute atomic E-state index is 13.9. The van der Waals surface area contributed by atoms with Crippen LogP contribution in [0.5, 0.6) is 0 Å². The van der Waals surface area contributed by atoms with Gasteiger partial charge in [0.05, 0.1) is 23.0 Å². The number of hydrogen-bond acceptors (Lipinski definition) is 5. The monoisotopic (exact) mass is 409 g/mol. The SMILES string of the molecule is Fc1cc(F)cc(-n2c(CCNc3ncnc4nc[nH]c34)nc3ccc(F)cc32)c1. The van der Waals surface area contributed by atoms with E-state index in [1.165, 1.54) is 43.0 Å². The van der Waals surface area contributed by atoms with Crippen molar-refractivity contribution in [2.24, 2.45) is 0 Å². The number of anilines is 1. The molecule has 0 saturated heterocycles. The molecule has 30 heavy (non-hydrogen) atoms. The van der Waals surface area contributed by atoms with Gasteiger partial charge in [-0.05, 0) is 24.3 Å². The zero-order valence-corrected chi connectivity index (χ0v) is 15.4. The van der Waals surface area contributed by atoms with Crippen LogP contribution in [-0.2, 0) is 6.42 Å². The second-order valence-corrected chi connectivity index (χ2v) is 6.62. The molecule has 0 aliphatic carbocycles. The highest BCUT2D eigenvalue weighted by molar-refractivity contribution is 5.82. The van der Waals surface area contributed by atoms with Crippen LogP contribution in [0.2, 0.25) is 0 Å². The van der Waals surface area contributed by atoms with Crippen LogP contribution in [0.4, 0.5) is 19.0 Å². The first kappa shape index (κ1) is 18.1. The van der Waals surface area contributed by atoms with Gasteiger partial charge in [-0.2, -0.15) is 0 Å². The molecule has 3 heterocycles. The number of rotatable bonds is 5. The Hall–Kier alpha value is -3.95. The molecule has 0 fully saturated rings. The summed E-state index contributed by atoms with van der Waals surface area (Å²) in [4.78, 5) is 19.8. The van der Waals surface area contributed by atoms with E-state index in [1.807, 2.05) is 0 Å². The highest BCUT2D eigenvalue weighted by Crippen LogP contribution is 2.24. The van der Waals surface area contributed by atoms with Gasteiger partial charge < -0.3 is 10.3 Å². The highest BCUT2D eigenvalue weighted by Gasteiger charge is 2.15. The van der Waals surface area contributed by atoms with Crippen molar-refractivity contribution >= 4 is 28.0 Å². The Bertz CT molecular complexity index is 1360. The molecule has 5 rings (SSSR count). The number of benzene rings is 2. The maximum Gasteiger partial charge on any atom is 0.182 e. The molecule has 150 valence electrons. The third kappa shape index (κ3) is 3.21. The summed E-state index contributed by atoms with van der Waals surface area (Å²) in [6, 6.07) is 7.28. The molecule has 10 heteroatoms. The van der Waals surface area contributed by atoms with E-state index in [1.54, 1.807) is 4.57 Å². The Labute approximate surface area is 167 Å². The summed E-state index contributed by atoms with van der Waals surface area (Å²) in [6.07, 6.45) is 3.31. The van der Waals surface area contributed by atoms with E-state index in [2.05, 4.69) is 30.2 Å². The van der Waals surface area contributed by atoms with Gasteiger partial charge in [-0.15, -0.1) is 0 Å². The number of imidazole rings is 2. The molecule has 5 aromatic rings. The van der Waals surface area contributed by atoms with Crippen LogP contribution in [0.3, 0.4) is 0 Å². The number of H-pyrrole nitrogens is 1. The quantitative estimate of drug-likeness (QED) is 0.462. The summed E-state index contributed by atoms with van der Waals surface area (Å²) >= 11 is 0. The zero-order valence-electron chi connectivity index (χ0n) is 15.4. The number of nitrogens with one attached hydrogen (secondary N) is 2. The van der Waals surface area contributed by atoms with Crippen molar-refractivity contribution in [1.29, 1.82) is 0 Å². The normalized spacial score (nSPS) is 11.4. The summed E-state index contributed by atoms with van der Waals surface area (Å²) in [5, 5.41) is 3.18. The first-order valence-corrected chi connectivity index (χ1v) is 9.10. The van der Waals surface area contributed by atoms with E-state index in [0.717, 1.165) is 6.07 Å². The highest BCUT2D eigenvalue weighted by atomic mass is 19.1. The number of nitrogens with zero attached hydrogens (tertiary/aromatic N) is 5. The van der Waals surface area contributed by atoms with E-state index in [0.29, 0.717) is 46.8 Å². The molecule has 7 nitrogen and oxygen atoms in total. The summed E-state index contributed by atoms with van der Waals surface area (Å²) in [5.41, 5.74) is 2.38. The van der Waals surface area contributed by atoms with Crippen LogP contribution >= 0.6 is 0 Å². The molecule has 2 aromatic carbocycles. The number of fused-ring (bicyclic) bond motifs is 2. The van der Waals surface area contributed by atoms with Gasteiger partial charge in [0, 0.05) is 25.1 Å². The number of halogens is 3. The van der Waals surface area contributed by atoms with Crippen LogP contribution < -0.4 is 5.32 Å². The zero-order chi connectivity index (χ0) is 20.7. The first-order chi connectivity index (χ1) is 14.6. The van der Waals surface area contributed by atoms with Crippen molar-refractivity contribution in [3.63, 3.8) is 0 Å². The van der Waals surface area contributed by atoms with Crippen LogP contribution in [0.1, 0.15) is 5.82 Å². The predicted molar refractivity (Wildman–Crippen MR) is 105 cm³/mol. The summed E-state index contributed by atoms with van der Waals surface area (Å²) in [5.74, 6) is -0.830. The van der Waals surface area contributed by atoms with Gasteiger partial charge in [-0.1, -0.05) is 0 Å². The van der Waals surface area contributed by atoms with E-state index in [9.17, 15) is 13.2 Å². The lowest BCUT2D eigenvalue weighted by atomic mass is 10.2. The lowest BCUT2D eigenvalue weighted by Crippen LogP contribution is -2.11. The van der Waals surface area contributed by atoms with Crippen molar-refractivity contribution in [1.82, 2.24) is 29.5 Å². The molecule has 0 aliphatic heterocycles. The van der Waals surface area contributed by atoms with Gasteiger partial charge in [0.1, 0.15) is 35.1 Å². The number of aromatic amines is 1. The van der Waals surface area contributed by atoms with Gasteiger partial charge >= 0.3 is 0 Å². The van der Waals surface area contributed by atoms with Gasteiger partial charge in [0.25, 0.3) is 0 Å². The minimum Gasteiger partial charge on any atom is -0.368 e. The third-order valence-electron chi connectivity index (χ3n) is 4.66. The predicted octanol–water partition coefficient (Wildman–Crippen LogP) is 3.76. The minimum absolute atomic E-state index is 0.230. The molecule has 0 amide bonds. The second kappa shape index (κ2) is 7.14. The van der Waals surface area contributed by atoms with Crippen LogP contribution in [0.15, 0.2) is 49.1 Å². The fourth-order valence-corrected chi connectivity index (χ4v) is 3.41. The topological polar surface area (TPSA) is 84.3 Å². The van der Waals surface area contributed by atoms with E-state index < -0.39 is 17.5 Å². The molecule has 0 spiro atoms. The smallest absolute Gasteiger partial charge is 0.182 e. The third-order valence-corrected chi connectivity index (χ3v) is 4.66. The fourth-order valence-electron chi connectivity index (χ4n) is 3.41. The Morgan fingerprint density at radius 2 is 1.77 bits per heavy atom. The number of aromatic nitrogens is 6.